The van der Waals surface area contributed by atoms with Crippen LogP contribution in [0.4, 0.5) is 0 Å². The number of rotatable bonds is 3. The molecule has 2 aromatic rings. The summed E-state index contributed by atoms with van der Waals surface area (Å²) < 4.78 is 1.51. The Labute approximate surface area is 133 Å². The van der Waals surface area contributed by atoms with Crippen LogP contribution in [-0.2, 0) is 4.79 Å². The molecular formula is C15H17N5OS. The molecule has 0 aliphatic carbocycles. The van der Waals surface area contributed by atoms with Gasteiger partial charge in [-0.05, 0) is 29.0 Å². The van der Waals surface area contributed by atoms with E-state index in [0.717, 1.165) is 30.2 Å². The molecule has 0 saturated carbocycles. The lowest BCUT2D eigenvalue weighted by Crippen LogP contribution is -2.39. The normalized spacial score (nSPS) is 15.9. The van der Waals surface area contributed by atoms with Crippen LogP contribution < -0.4 is 0 Å². The molecule has 1 fully saturated rings. The minimum atomic E-state index is -0.0282. The lowest BCUT2D eigenvalue weighted by molar-refractivity contribution is -0.125. The molecule has 0 atom stereocenters. The van der Waals surface area contributed by atoms with Gasteiger partial charge in [-0.3, -0.25) is 4.79 Å². The van der Waals surface area contributed by atoms with Gasteiger partial charge in [-0.1, -0.05) is 30.3 Å². The van der Waals surface area contributed by atoms with E-state index < -0.39 is 0 Å². The van der Waals surface area contributed by atoms with E-state index in [2.05, 4.69) is 15.5 Å². The molecule has 0 bridgehead atoms. The van der Waals surface area contributed by atoms with Crippen molar-refractivity contribution < 1.29 is 4.79 Å². The van der Waals surface area contributed by atoms with E-state index in [1.807, 2.05) is 53.1 Å². The SMILES string of the molecule is Cc1nnnn1/C(=C\c1ccccc1)C(=O)N1CCSCC1. The number of tetrazole rings is 1. The van der Waals surface area contributed by atoms with Gasteiger partial charge in [0, 0.05) is 24.6 Å². The standard InChI is InChI=1S/C15H17N5OS/c1-12-16-17-18-20(12)14(11-13-5-3-2-4-6-13)15(21)19-7-9-22-10-8-19/h2-6,11H,7-10H2,1H3/b14-11-. The van der Waals surface area contributed by atoms with Crippen molar-refractivity contribution in [2.45, 2.75) is 6.92 Å². The molecule has 0 N–H and O–H groups in total. The van der Waals surface area contributed by atoms with Crippen molar-refractivity contribution in [2.24, 2.45) is 0 Å². The molecule has 1 aromatic heterocycles. The Balaban J connectivity index is 1.98. The molecule has 1 aromatic carbocycles. The average Bonchev–Trinajstić information content (AvgIpc) is 3.00. The van der Waals surface area contributed by atoms with Crippen molar-refractivity contribution in [2.75, 3.05) is 24.6 Å². The van der Waals surface area contributed by atoms with Crippen LogP contribution in [0.3, 0.4) is 0 Å². The molecule has 1 amide bonds. The third kappa shape index (κ3) is 3.19. The Morgan fingerprint density at radius 3 is 2.59 bits per heavy atom. The van der Waals surface area contributed by atoms with Crippen LogP contribution >= 0.6 is 11.8 Å². The third-order valence-electron chi connectivity index (χ3n) is 3.47. The molecule has 7 heteroatoms. The molecule has 22 heavy (non-hydrogen) atoms. The molecule has 1 aliphatic heterocycles. The van der Waals surface area contributed by atoms with E-state index >= 15 is 0 Å². The summed E-state index contributed by atoms with van der Waals surface area (Å²) in [5.74, 6) is 2.51. The van der Waals surface area contributed by atoms with E-state index in [1.165, 1.54) is 4.68 Å². The Bertz CT molecular complexity index is 676. The topological polar surface area (TPSA) is 63.9 Å². The number of benzene rings is 1. The second-order valence-electron chi connectivity index (χ2n) is 4.98. The summed E-state index contributed by atoms with van der Waals surface area (Å²) in [4.78, 5) is 14.8. The van der Waals surface area contributed by atoms with Crippen LogP contribution in [0.25, 0.3) is 11.8 Å². The first-order valence-electron chi connectivity index (χ1n) is 7.15. The number of nitrogens with zero attached hydrogens (tertiary/aromatic N) is 5. The zero-order valence-corrected chi connectivity index (χ0v) is 13.2. The predicted molar refractivity (Wildman–Crippen MR) is 87.1 cm³/mol. The number of amides is 1. The number of aryl methyl sites for hydroxylation is 1. The van der Waals surface area contributed by atoms with Gasteiger partial charge in [-0.25, -0.2) is 0 Å². The summed E-state index contributed by atoms with van der Waals surface area (Å²) in [6.45, 7) is 3.31. The molecule has 6 nitrogen and oxygen atoms in total. The highest BCUT2D eigenvalue weighted by atomic mass is 32.2. The zero-order valence-electron chi connectivity index (χ0n) is 12.3. The van der Waals surface area contributed by atoms with E-state index in [0.29, 0.717) is 11.5 Å². The van der Waals surface area contributed by atoms with Gasteiger partial charge in [0.25, 0.3) is 5.91 Å². The maximum atomic E-state index is 12.9. The second kappa shape index (κ2) is 6.74. The molecule has 1 saturated heterocycles. The molecule has 1 aliphatic rings. The quantitative estimate of drug-likeness (QED) is 0.804. The van der Waals surface area contributed by atoms with E-state index in [9.17, 15) is 4.79 Å². The van der Waals surface area contributed by atoms with Crippen LogP contribution in [0.5, 0.6) is 0 Å². The lowest BCUT2D eigenvalue weighted by atomic mass is 10.2. The van der Waals surface area contributed by atoms with Gasteiger partial charge < -0.3 is 4.90 Å². The second-order valence-corrected chi connectivity index (χ2v) is 6.21. The summed E-state index contributed by atoms with van der Waals surface area (Å²) >= 11 is 1.87. The first-order chi connectivity index (χ1) is 10.8. The highest BCUT2D eigenvalue weighted by molar-refractivity contribution is 7.99. The molecule has 0 spiro atoms. The summed E-state index contributed by atoms with van der Waals surface area (Å²) in [5, 5.41) is 11.5. The molecule has 2 heterocycles. The van der Waals surface area contributed by atoms with Crippen LogP contribution in [0.2, 0.25) is 0 Å². The average molecular weight is 315 g/mol. The number of carbonyl (C=O) groups is 1. The molecule has 0 unspecified atom stereocenters. The number of hydrogen-bond acceptors (Lipinski definition) is 5. The summed E-state index contributed by atoms with van der Waals surface area (Å²) in [6, 6.07) is 9.75. The lowest BCUT2D eigenvalue weighted by Gasteiger charge is -2.27. The predicted octanol–water partition coefficient (Wildman–Crippen LogP) is 1.56. The van der Waals surface area contributed by atoms with Gasteiger partial charge in [-0.15, -0.1) is 5.10 Å². The maximum absolute atomic E-state index is 12.9. The van der Waals surface area contributed by atoms with Crippen molar-refractivity contribution >= 4 is 29.4 Å². The number of thioether (sulfide) groups is 1. The van der Waals surface area contributed by atoms with Crippen LogP contribution in [0, 0.1) is 6.92 Å². The molecule has 0 radical (unpaired) electrons. The summed E-state index contributed by atoms with van der Waals surface area (Å²) in [5.41, 5.74) is 1.44. The highest BCUT2D eigenvalue weighted by Crippen LogP contribution is 2.18. The smallest absolute Gasteiger partial charge is 0.272 e. The van der Waals surface area contributed by atoms with Crippen LogP contribution in [-0.4, -0.2) is 55.6 Å². The number of aromatic nitrogens is 4. The maximum Gasteiger partial charge on any atom is 0.272 e. The monoisotopic (exact) mass is 315 g/mol. The van der Waals surface area contributed by atoms with Crippen LogP contribution in [0.15, 0.2) is 30.3 Å². The fourth-order valence-electron chi connectivity index (χ4n) is 2.30. The fourth-order valence-corrected chi connectivity index (χ4v) is 3.21. The largest absolute Gasteiger partial charge is 0.336 e. The Kier molecular flexibility index (Phi) is 4.53. The Hall–Kier alpha value is -2.15. The van der Waals surface area contributed by atoms with Crippen LogP contribution in [0.1, 0.15) is 11.4 Å². The van der Waals surface area contributed by atoms with Gasteiger partial charge in [0.05, 0.1) is 0 Å². The van der Waals surface area contributed by atoms with Gasteiger partial charge in [0.2, 0.25) is 0 Å². The van der Waals surface area contributed by atoms with Gasteiger partial charge in [-0.2, -0.15) is 16.4 Å². The Morgan fingerprint density at radius 1 is 1.23 bits per heavy atom. The first kappa shape index (κ1) is 14.8. The van der Waals surface area contributed by atoms with Crippen molar-refractivity contribution in [1.82, 2.24) is 25.1 Å². The third-order valence-corrected chi connectivity index (χ3v) is 4.42. The highest BCUT2D eigenvalue weighted by Gasteiger charge is 2.23. The molecule has 114 valence electrons. The molecular weight excluding hydrogens is 298 g/mol. The number of hydrogen-bond donors (Lipinski definition) is 0. The van der Waals surface area contributed by atoms with E-state index in [1.54, 1.807) is 6.92 Å². The number of carbonyl (C=O) groups excluding carboxylic acids is 1. The van der Waals surface area contributed by atoms with E-state index in [4.69, 9.17) is 0 Å². The minimum Gasteiger partial charge on any atom is -0.336 e. The summed E-state index contributed by atoms with van der Waals surface area (Å²) in [7, 11) is 0. The van der Waals surface area contributed by atoms with Gasteiger partial charge in [0.15, 0.2) is 5.82 Å². The van der Waals surface area contributed by atoms with Crippen molar-refractivity contribution in [3.05, 3.63) is 41.7 Å². The van der Waals surface area contributed by atoms with Crippen molar-refractivity contribution in [1.29, 1.82) is 0 Å². The van der Waals surface area contributed by atoms with Gasteiger partial charge >= 0.3 is 0 Å². The Morgan fingerprint density at radius 2 is 1.95 bits per heavy atom. The zero-order chi connectivity index (χ0) is 15.4. The van der Waals surface area contributed by atoms with E-state index in [-0.39, 0.29) is 5.91 Å². The summed E-state index contributed by atoms with van der Waals surface area (Å²) in [6.07, 6.45) is 1.84. The minimum absolute atomic E-state index is 0.0282. The first-order valence-corrected chi connectivity index (χ1v) is 8.30. The van der Waals surface area contributed by atoms with Gasteiger partial charge in [0.1, 0.15) is 5.70 Å². The van der Waals surface area contributed by atoms with Crippen molar-refractivity contribution in [3.8, 4) is 0 Å². The van der Waals surface area contributed by atoms with Crippen molar-refractivity contribution in [3.63, 3.8) is 0 Å². The fraction of sp³-hybridized carbons (Fsp3) is 0.333. The molecule has 3 rings (SSSR count).